The topological polar surface area (TPSA) is 92.2 Å². The Morgan fingerprint density at radius 2 is 2.05 bits per heavy atom. The van der Waals surface area contributed by atoms with Gasteiger partial charge in [-0.05, 0) is 24.3 Å². The highest BCUT2D eigenvalue weighted by molar-refractivity contribution is 6.32. The summed E-state index contributed by atoms with van der Waals surface area (Å²) in [5.41, 5.74) is 0.811. The molecule has 0 atom stereocenters. The van der Waals surface area contributed by atoms with E-state index in [4.69, 9.17) is 16.7 Å². The van der Waals surface area contributed by atoms with Gasteiger partial charge in [-0.15, -0.1) is 0 Å². The predicted octanol–water partition coefficient (Wildman–Crippen LogP) is 1.76. The molecule has 2 aromatic rings. The van der Waals surface area contributed by atoms with Gasteiger partial charge in [0, 0.05) is 12.4 Å². The molecule has 2 heterocycles. The van der Waals surface area contributed by atoms with Crippen molar-refractivity contribution in [1.82, 2.24) is 15.3 Å². The average Bonchev–Trinajstić information content (AvgIpc) is 2.45. The molecule has 0 unspecified atom stereocenters. The number of carbonyl (C=O) groups excluding carboxylic acids is 1. The van der Waals surface area contributed by atoms with Crippen LogP contribution in [-0.2, 0) is 6.54 Å². The Morgan fingerprint density at radius 1 is 1.25 bits per heavy atom. The summed E-state index contributed by atoms with van der Waals surface area (Å²) >= 11 is 5.80. The van der Waals surface area contributed by atoms with E-state index >= 15 is 0 Å². The molecule has 0 saturated carbocycles. The fourth-order valence-corrected chi connectivity index (χ4v) is 1.73. The van der Waals surface area contributed by atoms with Crippen molar-refractivity contribution in [3.63, 3.8) is 0 Å². The van der Waals surface area contributed by atoms with Gasteiger partial charge in [-0.3, -0.25) is 9.78 Å². The van der Waals surface area contributed by atoms with Crippen molar-refractivity contribution < 1.29 is 14.7 Å². The molecule has 2 N–H and O–H groups in total. The largest absolute Gasteiger partial charge is 0.478 e. The van der Waals surface area contributed by atoms with Gasteiger partial charge in [0.1, 0.15) is 5.15 Å². The summed E-state index contributed by atoms with van der Waals surface area (Å²) in [4.78, 5) is 30.5. The molecule has 0 radical (unpaired) electrons. The van der Waals surface area contributed by atoms with E-state index in [1.165, 1.54) is 24.5 Å². The minimum atomic E-state index is -1.05. The monoisotopic (exact) mass is 291 g/mol. The van der Waals surface area contributed by atoms with Gasteiger partial charge in [0.05, 0.1) is 23.4 Å². The summed E-state index contributed by atoms with van der Waals surface area (Å²) in [5, 5.41) is 11.6. The number of halogens is 1. The highest BCUT2D eigenvalue weighted by Gasteiger charge is 2.11. The molecular weight excluding hydrogens is 282 g/mol. The molecule has 2 aromatic heterocycles. The number of nitrogens with one attached hydrogen (secondary N) is 1. The first-order valence-electron chi connectivity index (χ1n) is 5.65. The van der Waals surface area contributed by atoms with Crippen LogP contribution in [0.1, 0.15) is 26.4 Å². The van der Waals surface area contributed by atoms with Gasteiger partial charge >= 0.3 is 5.97 Å². The molecule has 0 bridgehead atoms. The maximum Gasteiger partial charge on any atom is 0.335 e. The van der Waals surface area contributed by atoms with Crippen LogP contribution in [0.3, 0.4) is 0 Å². The SMILES string of the molecule is O=C(O)c1ccnc(CNC(=O)c2cccnc2Cl)c1. The molecule has 0 fully saturated rings. The molecular formula is C13H10ClN3O3. The summed E-state index contributed by atoms with van der Waals surface area (Å²) < 4.78 is 0. The van der Waals surface area contributed by atoms with Crippen molar-refractivity contribution in [3.05, 3.63) is 58.6 Å². The zero-order valence-corrected chi connectivity index (χ0v) is 11.0. The number of pyridine rings is 2. The maximum absolute atomic E-state index is 11.9. The van der Waals surface area contributed by atoms with Crippen LogP contribution in [0.15, 0.2) is 36.7 Å². The van der Waals surface area contributed by atoms with Gasteiger partial charge < -0.3 is 10.4 Å². The number of carboxylic acids is 1. The Hall–Kier alpha value is -2.47. The van der Waals surface area contributed by atoms with Gasteiger partial charge in [-0.25, -0.2) is 9.78 Å². The Kier molecular flexibility index (Phi) is 4.27. The summed E-state index contributed by atoms with van der Waals surface area (Å²) in [6, 6.07) is 5.93. The van der Waals surface area contributed by atoms with Crippen LogP contribution in [0.2, 0.25) is 5.15 Å². The Bertz CT molecular complexity index is 661. The van der Waals surface area contributed by atoms with Crippen molar-refractivity contribution in [2.24, 2.45) is 0 Å². The van der Waals surface area contributed by atoms with Crippen molar-refractivity contribution in [2.45, 2.75) is 6.54 Å². The lowest BCUT2D eigenvalue weighted by molar-refractivity contribution is 0.0696. The molecule has 7 heteroatoms. The third-order valence-corrected chi connectivity index (χ3v) is 2.80. The first kappa shape index (κ1) is 14.0. The lowest BCUT2D eigenvalue weighted by Gasteiger charge is -2.06. The zero-order valence-electron chi connectivity index (χ0n) is 10.2. The summed E-state index contributed by atoms with van der Waals surface area (Å²) in [7, 11) is 0. The second-order valence-corrected chi connectivity index (χ2v) is 4.22. The lowest BCUT2D eigenvalue weighted by Crippen LogP contribution is -2.24. The number of carboxylic acid groups (broad SMARTS) is 1. The van der Waals surface area contributed by atoms with Crippen molar-refractivity contribution >= 4 is 23.5 Å². The van der Waals surface area contributed by atoms with Crippen LogP contribution < -0.4 is 5.32 Å². The van der Waals surface area contributed by atoms with Crippen molar-refractivity contribution in [2.75, 3.05) is 0 Å². The third-order valence-electron chi connectivity index (χ3n) is 2.50. The van der Waals surface area contributed by atoms with Gasteiger partial charge in [-0.1, -0.05) is 11.6 Å². The smallest absolute Gasteiger partial charge is 0.335 e. The molecule has 0 aliphatic rings. The third kappa shape index (κ3) is 3.30. The van der Waals surface area contributed by atoms with Crippen LogP contribution in [0.25, 0.3) is 0 Å². The van der Waals surface area contributed by atoms with E-state index in [9.17, 15) is 9.59 Å². The second-order valence-electron chi connectivity index (χ2n) is 3.87. The van der Waals surface area contributed by atoms with E-state index in [1.54, 1.807) is 12.1 Å². The van der Waals surface area contributed by atoms with Crippen molar-refractivity contribution in [3.8, 4) is 0 Å². The number of nitrogens with zero attached hydrogens (tertiary/aromatic N) is 2. The maximum atomic E-state index is 11.9. The van der Waals surface area contributed by atoms with Crippen LogP contribution in [0, 0.1) is 0 Å². The Labute approximate surface area is 119 Å². The van der Waals surface area contributed by atoms with Crippen LogP contribution in [-0.4, -0.2) is 27.0 Å². The minimum absolute atomic E-state index is 0.102. The first-order valence-corrected chi connectivity index (χ1v) is 6.02. The van der Waals surface area contributed by atoms with Crippen molar-refractivity contribution in [1.29, 1.82) is 0 Å². The predicted molar refractivity (Wildman–Crippen MR) is 71.6 cm³/mol. The molecule has 0 aliphatic carbocycles. The Morgan fingerprint density at radius 3 is 2.75 bits per heavy atom. The van der Waals surface area contributed by atoms with E-state index in [0.29, 0.717) is 5.69 Å². The van der Waals surface area contributed by atoms with Gasteiger partial charge in [0.15, 0.2) is 0 Å². The molecule has 102 valence electrons. The van der Waals surface area contributed by atoms with E-state index in [1.807, 2.05) is 0 Å². The highest BCUT2D eigenvalue weighted by atomic mass is 35.5. The fraction of sp³-hybridized carbons (Fsp3) is 0.0769. The van der Waals surface area contributed by atoms with Crippen LogP contribution >= 0.6 is 11.6 Å². The quantitative estimate of drug-likeness (QED) is 0.837. The standard InChI is InChI=1S/C13H10ClN3O3/c14-11-10(2-1-4-16-11)12(18)17-7-9-6-8(13(19)20)3-5-15-9/h1-6H,7H2,(H,17,18)(H,19,20). The second kappa shape index (κ2) is 6.12. The van der Waals surface area contributed by atoms with E-state index in [2.05, 4.69) is 15.3 Å². The molecule has 1 amide bonds. The molecule has 20 heavy (non-hydrogen) atoms. The molecule has 0 aliphatic heterocycles. The summed E-state index contributed by atoms with van der Waals surface area (Å²) in [5.74, 6) is -1.44. The highest BCUT2D eigenvalue weighted by Crippen LogP contribution is 2.11. The number of amides is 1. The van der Waals surface area contributed by atoms with Crippen LogP contribution in [0.4, 0.5) is 0 Å². The van der Waals surface area contributed by atoms with E-state index in [-0.39, 0.29) is 22.8 Å². The first-order chi connectivity index (χ1) is 9.58. The Balaban J connectivity index is 2.06. The average molecular weight is 292 g/mol. The number of hydrogen-bond acceptors (Lipinski definition) is 4. The molecule has 2 rings (SSSR count). The van der Waals surface area contributed by atoms with E-state index < -0.39 is 11.9 Å². The number of hydrogen-bond donors (Lipinski definition) is 2. The number of aromatic nitrogens is 2. The van der Waals surface area contributed by atoms with E-state index in [0.717, 1.165) is 0 Å². The summed E-state index contributed by atoms with van der Waals surface area (Å²) in [6.07, 6.45) is 2.86. The fourth-order valence-electron chi connectivity index (χ4n) is 1.53. The molecule has 6 nitrogen and oxygen atoms in total. The normalized spacial score (nSPS) is 10.1. The zero-order chi connectivity index (χ0) is 14.5. The molecule has 0 saturated heterocycles. The number of carbonyl (C=O) groups is 2. The molecule has 0 spiro atoms. The minimum Gasteiger partial charge on any atom is -0.478 e. The van der Waals surface area contributed by atoms with Crippen LogP contribution in [0.5, 0.6) is 0 Å². The lowest BCUT2D eigenvalue weighted by atomic mass is 10.2. The van der Waals surface area contributed by atoms with Gasteiger partial charge in [0.25, 0.3) is 5.91 Å². The summed E-state index contributed by atoms with van der Waals surface area (Å²) in [6.45, 7) is 0.102. The number of rotatable bonds is 4. The van der Waals surface area contributed by atoms with Gasteiger partial charge in [0.2, 0.25) is 0 Å². The number of aromatic carboxylic acids is 1. The molecule has 0 aromatic carbocycles. The van der Waals surface area contributed by atoms with Gasteiger partial charge in [-0.2, -0.15) is 0 Å².